The fraction of sp³-hybridized carbons (Fsp3) is 0.429. The molecular formula is C21H28N2. The Balaban J connectivity index is 1.60. The molecule has 3 rings (SSSR count). The molecule has 2 aromatic carbocycles. The first kappa shape index (κ1) is 16.2. The molecule has 2 nitrogen and oxygen atoms in total. The van der Waals surface area contributed by atoms with Crippen molar-refractivity contribution in [1.82, 2.24) is 10.2 Å². The van der Waals surface area contributed by atoms with E-state index in [-0.39, 0.29) is 0 Å². The molecule has 0 unspecified atom stereocenters. The maximum absolute atomic E-state index is 3.86. The van der Waals surface area contributed by atoms with Crippen LogP contribution in [0, 0.1) is 0 Å². The van der Waals surface area contributed by atoms with Crippen LogP contribution in [0.2, 0.25) is 0 Å². The summed E-state index contributed by atoms with van der Waals surface area (Å²) in [5.41, 5.74) is 2.70. The van der Waals surface area contributed by atoms with Crippen LogP contribution >= 0.6 is 0 Å². The molecular weight excluding hydrogens is 280 g/mol. The third-order valence-electron chi connectivity index (χ3n) is 4.70. The van der Waals surface area contributed by atoms with Crippen LogP contribution in [0.3, 0.4) is 0 Å². The van der Waals surface area contributed by atoms with Gasteiger partial charge in [-0.3, -0.25) is 0 Å². The molecule has 0 spiro atoms. The lowest BCUT2D eigenvalue weighted by atomic mass is 9.96. The average molecular weight is 308 g/mol. The lowest BCUT2D eigenvalue weighted by molar-refractivity contribution is 0.119. The molecule has 1 saturated heterocycles. The van der Waals surface area contributed by atoms with Crippen molar-refractivity contribution >= 4 is 0 Å². The second-order valence-corrected chi connectivity index (χ2v) is 6.58. The number of hydrogen-bond donors (Lipinski definition) is 1. The van der Waals surface area contributed by atoms with Crippen molar-refractivity contribution in [1.29, 1.82) is 0 Å². The Morgan fingerprint density at radius 1 is 0.913 bits per heavy atom. The van der Waals surface area contributed by atoms with E-state index in [9.17, 15) is 0 Å². The molecule has 1 aliphatic heterocycles. The molecule has 0 aromatic heterocycles. The quantitative estimate of drug-likeness (QED) is 0.734. The molecule has 1 aliphatic rings. The Morgan fingerprint density at radius 2 is 1.48 bits per heavy atom. The summed E-state index contributed by atoms with van der Waals surface area (Å²) in [6.45, 7) is 5.89. The Labute approximate surface area is 140 Å². The minimum absolute atomic E-state index is 0.292. The van der Waals surface area contributed by atoms with Crippen LogP contribution in [0.25, 0.3) is 0 Å². The first-order valence-corrected chi connectivity index (χ1v) is 8.95. The summed E-state index contributed by atoms with van der Waals surface area (Å²) < 4.78 is 0. The normalized spacial score (nSPS) is 15.7. The standard InChI is InChI=1S/C21H28N2/c1-2-3-10-15-23-16-20(17-23)22-21(18-11-6-4-7-12-18)19-13-8-5-9-14-19/h4-9,11-14,20-22H,2-3,10,15-17H2,1H3. The smallest absolute Gasteiger partial charge is 0.0579 e. The van der Waals surface area contributed by atoms with E-state index in [1.165, 1.54) is 50.0 Å². The minimum Gasteiger partial charge on any atom is -0.301 e. The highest BCUT2D eigenvalue weighted by atomic mass is 15.2. The third kappa shape index (κ3) is 4.43. The molecule has 122 valence electrons. The molecule has 0 aliphatic carbocycles. The molecule has 1 fully saturated rings. The van der Waals surface area contributed by atoms with Crippen molar-refractivity contribution < 1.29 is 0 Å². The molecule has 0 bridgehead atoms. The zero-order chi connectivity index (χ0) is 15.9. The van der Waals surface area contributed by atoms with Gasteiger partial charge in [0.05, 0.1) is 6.04 Å². The Hall–Kier alpha value is -1.64. The molecule has 0 saturated carbocycles. The number of rotatable bonds is 8. The summed E-state index contributed by atoms with van der Waals surface area (Å²) in [5, 5.41) is 3.86. The first-order valence-electron chi connectivity index (χ1n) is 8.95. The zero-order valence-electron chi connectivity index (χ0n) is 14.1. The Kier molecular flexibility index (Phi) is 5.84. The van der Waals surface area contributed by atoms with E-state index in [1.807, 2.05) is 0 Å². The summed E-state index contributed by atoms with van der Waals surface area (Å²) in [6, 6.07) is 22.5. The van der Waals surface area contributed by atoms with Crippen molar-refractivity contribution in [2.24, 2.45) is 0 Å². The predicted octanol–water partition coefficient (Wildman–Crippen LogP) is 4.24. The van der Waals surface area contributed by atoms with E-state index >= 15 is 0 Å². The number of hydrogen-bond acceptors (Lipinski definition) is 2. The summed E-state index contributed by atoms with van der Waals surface area (Å²) in [7, 11) is 0. The van der Waals surface area contributed by atoms with Crippen molar-refractivity contribution in [2.75, 3.05) is 19.6 Å². The van der Waals surface area contributed by atoms with Gasteiger partial charge in [0.15, 0.2) is 0 Å². The van der Waals surface area contributed by atoms with Gasteiger partial charge in [0, 0.05) is 19.1 Å². The van der Waals surface area contributed by atoms with Crippen LogP contribution in [0.4, 0.5) is 0 Å². The van der Waals surface area contributed by atoms with Gasteiger partial charge in [-0.2, -0.15) is 0 Å². The topological polar surface area (TPSA) is 15.3 Å². The lowest BCUT2D eigenvalue weighted by Gasteiger charge is -2.42. The lowest BCUT2D eigenvalue weighted by Crippen LogP contribution is -2.58. The van der Waals surface area contributed by atoms with E-state index in [2.05, 4.69) is 77.8 Å². The van der Waals surface area contributed by atoms with E-state index in [0.717, 1.165) is 0 Å². The fourth-order valence-electron chi connectivity index (χ4n) is 3.35. The van der Waals surface area contributed by atoms with Crippen molar-refractivity contribution in [2.45, 2.75) is 38.3 Å². The number of likely N-dealkylation sites (tertiary alicyclic amines) is 1. The van der Waals surface area contributed by atoms with Gasteiger partial charge in [0.25, 0.3) is 0 Å². The van der Waals surface area contributed by atoms with E-state index in [1.54, 1.807) is 0 Å². The second kappa shape index (κ2) is 8.28. The van der Waals surface area contributed by atoms with Crippen molar-refractivity contribution in [3.8, 4) is 0 Å². The van der Waals surface area contributed by atoms with Crippen LogP contribution in [-0.2, 0) is 0 Å². The Bertz CT molecular complexity index is 521. The van der Waals surface area contributed by atoms with E-state index in [4.69, 9.17) is 0 Å². The highest BCUT2D eigenvalue weighted by Gasteiger charge is 2.28. The molecule has 0 atom stereocenters. The van der Waals surface area contributed by atoms with Gasteiger partial charge in [-0.1, -0.05) is 80.4 Å². The average Bonchev–Trinajstić information content (AvgIpc) is 2.58. The monoisotopic (exact) mass is 308 g/mol. The van der Waals surface area contributed by atoms with Crippen LogP contribution in [0.15, 0.2) is 60.7 Å². The largest absolute Gasteiger partial charge is 0.301 e. The van der Waals surface area contributed by atoms with Gasteiger partial charge in [-0.05, 0) is 24.1 Å². The van der Waals surface area contributed by atoms with Gasteiger partial charge >= 0.3 is 0 Å². The highest BCUT2D eigenvalue weighted by molar-refractivity contribution is 5.31. The van der Waals surface area contributed by atoms with Crippen molar-refractivity contribution in [3.05, 3.63) is 71.8 Å². The SMILES string of the molecule is CCCCCN1CC(NC(c2ccccc2)c2ccccc2)C1. The van der Waals surface area contributed by atoms with Crippen LogP contribution in [0.1, 0.15) is 43.4 Å². The second-order valence-electron chi connectivity index (χ2n) is 6.58. The predicted molar refractivity (Wildman–Crippen MR) is 97.6 cm³/mol. The minimum atomic E-state index is 0.292. The van der Waals surface area contributed by atoms with Crippen LogP contribution in [0.5, 0.6) is 0 Å². The Morgan fingerprint density at radius 3 is 2.00 bits per heavy atom. The number of unbranched alkanes of at least 4 members (excludes halogenated alkanes) is 2. The zero-order valence-corrected chi connectivity index (χ0v) is 14.1. The van der Waals surface area contributed by atoms with Gasteiger partial charge in [-0.15, -0.1) is 0 Å². The summed E-state index contributed by atoms with van der Waals surface area (Å²) in [4.78, 5) is 2.57. The van der Waals surface area contributed by atoms with E-state index in [0.29, 0.717) is 12.1 Å². The summed E-state index contributed by atoms with van der Waals surface area (Å²) >= 11 is 0. The molecule has 1 heterocycles. The number of nitrogens with one attached hydrogen (secondary N) is 1. The summed E-state index contributed by atoms with van der Waals surface area (Å²) in [5.74, 6) is 0. The first-order chi connectivity index (χ1) is 11.4. The molecule has 2 heteroatoms. The molecule has 0 radical (unpaired) electrons. The number of benzene rings is 2. The van der Waals surface area contributed by atoms with Gasteiger partial charge in [0.2, 0.25) is 0 Å². The summed E-state index contributed by atoms with van der Waals surface area (Å²) in [6.07, 6.45) is 3.99. The molecule has 23 heavy (non-hydrogen) atoms. The maximum atomic E-state index is 3.86. The third-order valence-corrected chi connectivity index (χ3v) is 4.70. The molecule has 1 N–H and O–H groups in total. The number of nitrogens with zero attached hydrogens (tertiary/aromatic N) is 1. The van der Waals surface area contributed by atoms with Crippen LogP contribution in [-0.4, -0.2) is 30.6 Å². The molecule has 0 amide bonds. The van der Waals surface area contributed by atoms with E-state index < -0.39 is 0 Å². The van der Waals surface area contributed by atoms with Crippen molar-refractivity contribution in [3.63, 3.8) is 0 Å². The van der Waals surface area contributed by atoms with Gasteiger partial charge in [-0.25, -0.2) is 0 Å². The van der Waals surface area contributed by atoms with Gasteiger partial charge < -0.3 is 10.2 Å². The fourth-order valence-corrected chi connectivity index (χ4v) is 3.35. The maximum Gasteiger partial charge on any atom is 0.0579 e. The van der Waals surface area contributed by atoms with Gasteiger partial charge in [0.1, 0.15) is 0 Å². The highest BCUT2D eigenvalue weighted by Crippen LogP contribution is 2.24. The molecule has 2 aromatic rings. The van der Waals surface area contributed by atoms with Crippen LogP contribution < -0.4 is 5.32 Å².